The fourth-order valence-corrected chi connectivity index (χ4v) is 5.17. The van der Waals surface area contributed by atoms with Crippen molar-refractivity contribution in [3.8, 4) is 0 Å². The van der Waals surface area contributed by atoms with E-state index in [-0.39, 0.29) is 28.6 Å². The van der Waals surface area contributed by atoms with Crippen LogP contribution in [0.25, 0.3) is 0 Å². The van der Waals surface area contributed by atoms with Crippen molar-refractivity contribution in [1.29, 1.82) is 0 Å². The summed E-state index contributed by atoms with van der Waals surface area (Å²) >= 11 is 0. The number of nitro groups is 1. The van der Waals surface area contributed by atoms with Gasteiger partial charge in [-0.2, -0.15) is 0 Å². The lowest BCUT2D eigenvalue weighted by Gasteiger charge is -2.43. The maximum absolute atomic E-state index is 12.8. The zero-order valence-corrected chi connectivity index (χ0v) is 15.4. The second-order valence-corrected chi connectivity index (χ2v) is 8.01. The van der Waals surface area contributed by atoms with Crippen LogP contribution in [0.5, 0.6) is 0 Å². The molecule has 1 aromatic rings. The van der Waals surface area contributed by atoms with E-state index in [1.54, 1.807) is 12.1 Å². The number of nitrogens with zero attached hydrogens (tertiary/aromatic N) is 3. The summed E-state index contributed by atoms with van der Waals surface area (Å²) in [5.74, 6) is 0.580. The first kappa shape index (κ1) is 17.5. The first-order valence-corrected chi connectivity index (χ1v) is 9.87. The molecule has 1 unspecified atom stereocenters. The summed E-state index contributed by atoms with van der Waals surface area (Å²) < 4.78 is 0. The Bertz CT molecular complexity index is 714. The predicted octanol–water partition coefficient (Wildman–Crippen LogP) is 3.31. The molecule has 0 spiro atoms. The molecule has 6 heteroatoms. The standard InChI is InChI=1S/C20H27N3O3/c1-14-13-21(11-12-22(14)20(24)15-5-2-3-6-15)18-10-9-17-16(18)7-4-8-19(17)23(25)26/h4,7-8,14-15,18H,2-3,5-6,9-13H2,1H3/t14-,18?/m0/s1. The van der Waals surface area contributed by atoms with Gasteiger partial charge in [0.1, 0.15) is 0 Å². The Morgan fingerprint density at radius 2 is 1.96 bits per heavy atom. The van der Waals surface area contributed by atoms with Gasteiger partial charge in [0.05, 0.1) is 4.92 Å². The van der Waals surface area contributed by atoms with Crippen molar-refractivity contribution >= 4 is 11.6 Å². The molecule has 0 aromatic heterocycles. The van der Waals surface area contributed by atoms with Gasteiger partial charge in [0, 0.05) is 49.3 Å². The summed E-state index contributed by atoms with van der Waals surface area (Å²) in [7, 11) is 0. The van der Waals surface area contributed by atoms with Gasteiger partial charge in [0.15, 0.2) is 0 Å². The SMILES string of the molecule is C[C@H]1CN(C2CCc3c2cccc3[N+](=O)[O-])CCN1C(=O)C1CCCC1. The monoisotopic (exact) mass is 357 g/mol. The molecule has 1 aliphatic heterocycles. The number of hydrogen-bond acceptors (Lipinski definition) is 4. The van der Waals surface area contributed by atoms with E-state index in [0.717, 1.165) is 56.4 Å². The van der Waals surface area contributed by atoms with Crippen LogP contribution in [-0.2, 0) is 11.2 Å². The number of carbonyl (C=O) groups excluding carboxylic acids is 1. The van der Waals surface area contributed by atoms with Gasteiger partial charge in [-0.1, -0.05) is 25.0 Å². The maximum atomic E-state index is 12.8. The Kier molecular flexibility index (Phi) is 4.69. The number of nitro benzene ring substituents is 1. The van der Waals surface area contributed by atoms with Crippen LogP contribution in [0.2, 0.25) is 0 Å². The van der Waals surface area contributed by atoms with Crippen LogP contribution in [0.4, 0.5) is 5.69 Å². The van der Waals surface area contributed by atoms with Crippen molar-refractivity contribution in [3.63, 3.8) is 0 Å². The Morgan fingerprint density at radius 3 is 2.65 bits per heavy atom. The molecule has 26 heavy (non-hydrogen) atoms. The molecule has 0 radical (unpaired) electrons. The maximum Gasteiger partial charge on any atom is 0.272 e. The third-order valence-electron chi connectivity index (χ3n) is 6.50. The van der Waals surface area contributed by atoms with Crippen molar-refractivity contribution in [3.05, 3.63) is 39.4 Å². The predicted molar refractivity (Wildman–Crippen MR) is 98.9 cm³/mol. The third kappa shape index (κ3) is 3.00. The highest BCUT2D eigenvalue weighted by molar-refractivity contribution is 5.79. The van der Waals surface area contributed by atoms with Crippen LogP contribution in [-0.4, -0.2) is 46.3 Å². The average molecular weight is 357 g/mol. The van der Waals surface area contributed by atoms with Gasteiger partial charge in [-0.25, -0.2) is 0 Å². The Morgan fingerprint density at radius 1 is 1.19 bits per heavy atom. The topological polar surface area (TPSA) is 66.7 Å². The summed E-state index contributed by atoms with van der Waals surface area (Å²) in [6.45, 7) is 4.63. The van der Waals surface area contributed by atoms with E-state index in [1.807, 2.05) is 6.07 Å². The second-order valence-electron chi connectivity index (χ2n) is 8.01. The van der Waals surface area contributed by atoms with Gasteiger partial charge in [-0.15, -0.1) is 0 Å². The number of benzene rings is 1. The smallest absolute Gasteiger partial charge is 0.272 e. The summed E-state index contributed by atoms with van der Waals surface area (Å²) in [5, 5.41) is 11.3. The van der Waals surface area contributed by atoms with Gasteiger partial charge >= 0.3 is 0 Å². The highest BCUT2D eigenvalue weighted by Gasteiger charge is 2.38. The molecular formula is C20H27N3O3. The summed E-state index contributed by atoms with van der Waals surface area (Å²) in [4.78, 5) is 28.3. The van der Waals surface area contributed by atoms with Crippen LogP contribution >= 0.6 is 0 Å². The third-order valence-corrected chi connectivity index (χ3v) is 6.50. The molecule has 6 nitrogen and oxygen atoms in total. The molecule has 1 heterocycles. The summed E-state index contributed by atoms with van der Waals surface area (Å²) in [6, 6.07) is 5.91. The molecule has 4 rings (SSSR count). The summed E-state index contributed by atoms with van der Waals surface area (Å²) in [5.41, 5.74) is 2.27. The lowest BCUT2D eigenvalue weighted by molar-refractivity contribution is -0.385. The second kappa shape index (κ2) is 6.99. The fourth-order valence-electron chi connectivity index (χ4n) is 5.17. The number of piperazine rings is 1. The van der Waals surface area contributed by atoms with Crippen molar-refractivity contribution in [1.82, 2.24) is 9.80 Å². The minimum atomic E-state index is -0.262. The molecule has 3 aliphatic rings. The molecule has 1 saturated carbocycles. The number of rotatable bonds is 3. The van der Waals surface area contributed by atoms with E-state index < -0.39 is 0 Å². The van der Waals surface area contributed by atoms with E-state index in [1.165, 1.54) is 12.8 Å². The minimum absolute atomic E-state index is 0.208. The van der Waals surface area contributed by atoms with Gasteiger partial charge in [-0.3, -0.25) is 19.8 Å². The lowest BCUT2D eigenvalue weighted by Crippen LogP contribution is -2.55. The number of hydrogen-bond donors (Lipinski definition) is 0. The zero-order chi connectivity index (χ0) is 18.3. The van der Waals surface area contributed by atoms with Crippen molar-refractivity contribution < 1.29 is 9.72 Å². The average Bonchev–Trinajstić information content (AvgIpc) is 3.30. The van der Waals surface area contributed by atoms with E-state index >= 15 is 0 Å². The molecule has 2 aliphatic carbocycles. The van der Waals surface area contributed by atoms with Crippen LogP contribution in [0.1, 0.15) is 56.2 Å². The molecule has 2 atom stereocenters. The van der Waals surface area contributed by atoms with E-state index in [4.69, 9.17) is 0 Å². The molecule has 1 amide bonds. The zero-order valence-electron chi connectivity index (χ0n) is 15.4. The molecular weight excluding hydrogens is 330 g/mol. The molecule has 1 aromatic carbocycles. The van der Waals surface area contributed by atoms with Crippen molar-refractivity contribution in [2.75, 3.05) is 19.6 Å². The van der Waals surface area contributed by atoms with Crippen LogP contribution in [0.3, 0.4) is 0 Å². The van der Waals surface area contributed by atoms with Crippen molar-refractivity contribution in [2.45, 2.75) is 57.5 Å². The highest BCUT2D eigenvalue weighted by atomic mass is 16.6. The van der Waals surface area contributed by atoms with Gasteiger partial charge in [0.25, 0.3) is 5.69 Å². The number of amides is 1. The summed E-state index contributed by atoms with van der Waals surface area (Å²) in [6.07, 6.45) is 6.16. The molecule has 0 bridgehead atoms. The van der Waals surface area contributed by atoms with Crippen molar-refractivity contribution in [2.24, 2.45) is 5.92 Å². The van der Waals surface area contributed by atoms with Crippen LogP contribution < -0.4 is 0 Å². The Balaban J connectivity index is 1.47. The number of fused-ring (bicyclic) bond motifs is 1. The minimum Gasteiger partial charge on any atom is -0.337 e. The molecule has 140 valence electrons. The van der Waals surface area contributed by atoms with E-state index in [9.17, 15) is 14.9 Å². The van der Waals surface area contributed by atoms with Crippen LogP contribution in [0, 0.1) is 16.0 Å². The van der Waals surface area contributed by atoms with E-state index in [0.29, 0.717) is 5.91 Å². The molecule has 0 N–H and O–H groups in total. The normalized spacial score (nSPS) is 26.9. The fraction of sp³-hybridized carbons (Fsp3) is 0.650. The molecule has 2 fully saturated rings. The largest absolute Gasteiger partial charge is 0.337 e. The quantitative estimate of drug-likeness (QED) is 0.615. The van der Waals surface area contributed by atoms with Gasteiger partial charge < -0.3 is 4.90 Å². The van der Waals surface area contributed by atoms with Gasteiger partial charge in [-0.05, 0) is 38.2 Å². The lowest BCUT2D eigenvalue weighted by atomic mass is 10.0. The first-order chi connectivity index (χ1) is 12.6. The Hall–Kier alpha value is -1.95. The van der Waals surface area contributed by atoms with Gasteiger partial charge in [0.2, 0.25) is 5.91 Å². The highest BCUT2D eigenvalue weighted by Crippen LogP contribution is 2.41. The number of carbonyl (C=O) groups is 1. The molecule has 1 saturated heterocycles. The first-order valence-electron chi connectivity index (χ1n) is 9.87. The van der Waals surface area contributed by atoms with Crippen LogP contribution in [0.15, 0.2) is 18.2 Å². The van der Waals surface area contributed by atoms with E-state index in [2.05, 4.69) is 16.7 Å². The Labute approximate surface area is 154 Å².